The molecule has 0 amide bonds. The fraction of sp³-hybridized carbons (Fsp3) is 0.250. The Morgan fingerprint density at radius 3 is 2.05 bits per heavy atom. The normalized spacial score (nSPS) is 11.7. The summed E-state index contributed by atoms with van der Waals surface area (Å²) >= 11 is 12.1. The molecule has 2 aromatic rings. The second-order valence-corrected chi connectivity index (χ2v) is 6.63. The van der Waals surface area contributed by atoms with Crippen molar-refractivity contribution in [3.05, 3.63) is 45.9 Å². The van der Waals surface area contributed by atoms with Gasteiger partial charge in [-0.1, -0.05) is 44.0 Å². The predicted octanol–water partition coefficient (Wildman–Crippen LogP) is 5.37. The summed E-state index contributed by atoms with van der Waals surface area (Å²) in [6.45, 7) is 5.96. The van der Waals surface area contributed by atoms with Crippen LogP contribution in [0.5, 0.6) is 11.5 Å². The van der Waals surface area contributed by atoms with Gasteiger partial charge >= 0.3 is 0 Å². The summed E-state index contributed by atoms with van der Waals surface area (Å²) < 4.78 is 0. The van der Waals surface area contributed by atoms with Crippen molar-refractivity contribution < 1.29 is 10.2 Å². The van der Waals surface area contributed by atoms with Crippen LogP contribution in [0.4, 0.5) is 0 Å². The van der Waals surface area contributed by atoms with Crippen LogP contribution in [0.2, 0.25) is 10.0 Å². The van der Waals surface area contributed by atoms with Crippen LogP contribution in [-0.4, -0.2) is 10.2 Å². The maximum Gasteiger partial charge on any atom is 0.127 e. The summed E-state index contributed by atoms with van der Waals surface area (Å²) in [6, 6.07) is 8.05. The number of hydrogen-bond acceptors (Lipinski definition) is 2. The molecule has 0 aliphatic rings. The van der Waals surface area contributed by atoms with E-state index in [2.05, 4.69) is 0 Å². The van der Waals surface area contributed by atoms with Crippen LogP contribution in [-0.2, 0) is 5.41 Å². The van der Waals surface area contributed by atoms with Gasteiger partial charge in [-0.25, -0.2) is 0 Å². The number of phenolic OH excluding ortho intramolecular Hbond substituents is 2. The average Bonchev–Trinajstić information content (AvgIpc) is 2.33. The van der Waals surface area contributed by atoms with Crippen molar-refractivity contribution in [3.63, 3.8) is 0 Å². The van der Waals surface area contributed by atoms with Crippen LogP contribution >= 0.6 is 23.2 Å². The van der Waals surface area contributed by atoms with Crippen molar-refractivity contribution in [1.82, 2.24) is 0 Å². The Kier molecular flexibility index (Phi) is 3.90. The van der Waals surface area contributed by atoms with E-state index in [-0.39, 0.29) is 16.9 Å². The Balaban J connectivity index is 2.75. The first-order valence-electron chi connectivity index (χ1n) is 6.22. The SMILES string of the molecule is CC(C)(C)c1cc(Cl)cc(-c2cc(Cl)ccc2O)c1O. The van der Waals surface area contributed by atoms with Gasteiger partial charge < -0.3 is 10.2 Å². The van der Waals surface area contributed by atoms with Crippen LogP contribution < -0.4 is 0 Å². The van der Waals surface area contributed by atoms with Crippen LogP contribution in [0, 0.1) is 0 Å². The van der Waals surface area contributed by atoms with Crippen molar-refractivity contribution in [3.8, 4) is 22.6 Å². The summed E-state index contributed by atoms with van der Waals surface area (Å²) in [5.41, 5.74) is 1.39. The Hall–Kier alpha value is -1.38. The molecule has 0 aromatic heterocycles. The number of phenols is 2. The largest absolute Gasteiger partial charge is 0.507 e. The minimum Gasteiger partial charge on any atom is -0.507 e. The lowest BCUT2D eigenvalue weighted by atomic mass is 9.84. The lowest BCUT2D eigenvalue weighted by Gasteiger charge is -2.22. The smallest absolute Gasteiger partial charge is 0.127 e. The third-order valence-electron chi connectivity index (χ3n) is 3.13. The molecule has 0 unspecified atom stereocenters. The molecule has 0 saturated heterocycles. The van der Waals surface area contributed by atoms with E-state index < -0.39 is 0 Å². The Bertz CT molecular complexity index is 658. The van der Waals surface area contributed by atoms with Gasteiger partial charge in [0, 0.05) is 26.7 Å². The molecular formula is C16H16Cl2O2. The van der Waals surface area contributed by atoms with Crippen LogP contribution in [0.15, 0.2) is 30.3 Å². The Morgan fingerprint density at radius 2 is 1.45 bits per heavy atom. The van der Waals surface area contributed by atoms with Gasteiger partial charge in [-0.05, 0) is 35.7 Å². The zero-order valence-electron chi connectivity index (χ0n) is 11.5. The molecule has 0 bridgehead atoms. The molecule has 20 heavy (non-hydrogen) atoms. The first-order chi connectivity index (χ1) is 9.20. The molecule has 2 aromatic carbocycles. The quantitative estimate of drug-likeness (QED) is 0.743. The molecule has 0 spiro atoms. The highest BCUT2D eigenvalue weighted by molar-refractivity contribution is 6.31. The van der Waals surface area contributed by atoms with Crippen LogP contribution in [0.1, 0.15) is 26.3 Å². The standard InChI is InChI=1S/C16H16Cl2O2/c1-16(2,3)13-8-10(18)7-12(15(13)20)11-6-9(17)4-5-14(11)19/h4-8,19-20H,1-3H3. The highest BCUT2D eigenvalue weighted by Crippen LogP contribution is 2.43. The van der Waals surface area contributed by atoms with Crippen LogP contribution in [0.25, 0.3) is 11.1 Å². The van der Waals surface area contributed by atoms with Gasteiger partial charge in [-0.2, -0.15) is 0 Å². The van der Waals surface area contributed by atoms with E-state index in [4.69, 9.17) is 23.2 Å². The number of hydrogen-bond donors (Lipinski definition) is 2. The van der Waals surface area contributed by atoms with E-state index in [1.807, 2.05) is 20.8 Å². The molecule has 0 fully saturated rings. The van der Waals surface area contributed by atoms with E-state index in [0.717, 1.165) is 5.56 Å². The highest BCUT2D eigenvalue weighted by atomic mass is 35.5. The topological polar surface area (TPSA) is 40.5 Å². The summed E-state index contributed by atoms with van der Waals surface area (Å²) in [7, 11) is 0. The monoisotopic (exact) mass is 310 g/mol. The molecule has 0 atom stereocenters. The molecule has 2 nitrogen and oxygen atoms in total. The lowest BCUT2D eigenvalue weighted by molar-refractivity contribution is 0.446. The zero-order valence-corrected chi connectivity index (χ0v) is 13.0. The molecule has 0 saturated carbocycles. The van der Waals surface area contributed by atoms with E-state index in [1.165, 1.54) is 6.07 Å². The number of halogens is 2. The summed E-state index contributed by atoms with van der Waals surface area (Å²) in [5, 5.41) is 21.5. The number of aromatic hydroxyl groups is 2. The van der Waals surface area contributed by atoms with Gasteiger partial charge in [0.2, 0.25) is 0 Å². The van der Waals surface area contributed by atoms with Gasteiger partial charge in [0.05, 0.1) is 0 Å². The van der Waals surface area contributed by atoms with E-state index in [0.29, 0.717) is 21.2 Å². The second-order valence-electron chi connectivity index (χ2n) is 5.76. The Labute approximate surface area is 128 Å². The molecule has 0 aliphatic heterocycles. The summed E-state index contributed by atoms with van der Waals surface area (Å²) in [5.74, 6) is 0.159. The second kappa shape index (κ2) is 5.19. The van der Waals surface area contributed by atoms with Crippen molar-refractivity contribution in [2.75, 3.05) is 0 Å². The molecule has 2 N–H and O–H groups in total. The molecule has 0 heterocycles. The third-order valence-corrected chi connectivity index (χ3v) is 3.58. The molecule has 106 valence electrons. The van der Waals surface area contributed by atoms with Crippen molar-refractivity contribution in [2.24, 2.45) is 0 Å². The Morgan fingerprint density at radius 1 is 0.850 bits per heavy atom. The maximum atomic E-state index is 10.5. The predicted molar refractivity (Wildman–Crippen MR) is 83.9 cm³/mol. The molecule has 0 radical (unpaired) electrons. The van der Waals surface area contributed by atoms with Gasteiger partial charge in [-0.3, -0.25) is 0 Å². The number of rotatable bonds is 1. The fourth-order valence-corrected chi connectivity index (χ4v) is 2.49. The first-order valence-corrected chi connectivity index (χ1v) is 6.97. The molecule has 0 aliphatic carbocycles. The zero-order chi connectivity index (χ0) is 15.1. The molecular weight excluding hydrogens is 295 g/mol. The minimum atomic E-state index is -0.266. The van der Waals surface area contributed by atoms with Gasteiger partial charge in [0.25, 0.3) is 0 Å². The first kappa shape index (κ1) is 15.0. The van der Waals surface area contributed by atoms with Gasteiger partial charge in [0.1, 0.15) is 11.5 Å². The van der Waals surface area contributed by atoms with E-state index >= 15 is 0 Å². The van der Waals surface area contributed by atoms with E-state index in [1.54, 1.807) is 24.3 Å². The lowest BCUT2D eigenvalue weighted by Crippen LogP contribution is -2.11. The fourth-order valence-electron chi connectivity index (χ4n) is 2.10. The highest BCUT2D eigenvalue weighted by Gasteiger charge is 2.22. The molecule has 4 heteroatoms. The van der Waals surface area contributed by atoms with Gasteiger partial charge in [0.15, 0.2) is 0 Å². The third kappa shape index (κ3) is 2.87. The van der Waals surface area contributed by atoms with Crippen LogP contribution in [0.3, 0.4) is 0 Å². The maximum absolute atomic E-state index is 10.5. The van der Waals surface area contributed by atoms with Crippen molar-refractivity contribution in [2.45, 2.75) is 26.2 Å². The molecule has 2 rings (SSSR count). The van der Waals surface area contributed by atoms with Gasteiger partial charge in [-0.15, -0.1) is 0 Å². The summed E-state index contributed by atoms with van der Waals surface area (Å²) in [6.07, 6.45) is 0. The minimum absolute atomic E-state index is 0.0480. The van der Waals surface area contributed by atoms with Crippen molar-refractivity contribution in [1.29, 1.82) is 0 Å². The average molecular weight is 311 g/mol. The summed E-state index contributed by atoms with van der Waals surface area (Å²) in [4.78, 5) is 0. The van der Waals surface area contributed by atoms with Crippen molar-refractivity contribution >= 4 is 23.2 Å². The number of benzene rings is 2. The van der Waals surface area contributed by atoms with E-state index in [9.17, 15) is 10.2 Å².